The number of nitrogens with zero attached hydrogens (tertiary/aromatic N) is 1. The Morgan fingerprint density at radius 1 is 1.11 bits per heavy atom. The second-order valence-electron chi connectivity index (χ2n) is 5.54. The number of ether oxygens (including phenoxy) is 2. The average Bonchev–Trinajstić information content (AvgIpc) is 2.94. The number of amides is 2. The fraction of sp³-hybridized carbons (Fsp3) is 0.158. The molecule has 1 heterocycles. The summed E-state index contributed by atoms with van der Waals surface area (Å²) in [4.78, 5) is 26.4. The minimum Gasteiger partial charge on any atom is -0.493 e. The fourth-order valence-corrected chi connectivity index (χ4v) is 3.76. The Labute approximate surface area is 169 Å². The molecule has 0 saturated carbocycles. The lowest BCUT2D eigenvalue weighted by atomic mass is 10.2. The maximum absolute atomic E-state index is 12.6. The minimum absolute atomic E-state index is 0.0938. The zero-order valence-electron chi connectivity index (χ0n) is 14.7. The summed E-state index contributed by atoms with van der Waals surface area (Å²) in [6.45, 7) is 0.0938. The molecule has 8 heteroatoms. The van der Waals surface area contributed by atoms with Crippen molar-refractivity contribution in [1.29, 1.82) is 0 Å². The van der Waals surface area contributed by atoms with Gasteiger partial charge in [-0.25, -0.2) is 0 Å². The Morgan fingerprint density at radius 2 is 1.85 bits per heavy atom. The summed E-state index contributed by atoms with van der Waals surface area (Å²) in [6, 6.07) is 12.8. The Bertz CT molecular complexity index is 916. The molecule has 140 valence electrons. The van der Waals surface area contributed by atoms with Crippen LogP contribution in [0, 0.1) is 0 Å². The lowest BCUT2D eigenvalue weighted by molar-refractivity contribution is -0.122. The molecule has 3 rings (SSSR count). The predicted molar refractivity (Wildman–Crippen MR) is 110 cm³/mol. The lowest BCUT2D eigenvalue weighted by Gasteiger charge is -2.15. The number of hydrogen-bond donors (Lipinski definition) is 1. The van der Waals surface area contributed by atoms with E-state index in [1.54, 1.807) is 38.5 Å². The molecule has 0 atom stereocenters. The van der Waals surface area contributed by atoms with Gasteiger partial charge in [0.25, 0.3) is 11.1 Å². The van der Waals surface area contributed by atoms with E-state index in [1.807, 2.05) is 24.3 Å². The highest BCUT2D eigenvalue weighted by Gasteiger charge is 2.34. The van der Waals surface area contributed by atoms with E-state index < -0.39 is 0 Å². The minimum atomic E-state index is -0.334. The molecule has 27 heavy (non-hydrogen) atoms. The van der Waals surface area contributed by atoms with Crippen LogP contribution in [0.15, 0.2) is 51.8 Å². The number of carbonyl (C=O) groups excluding carboxylic acids is 2. The standard InChI is InChI=1S/C19H17BrN2O4S/c1-25-15-8-7-12(9-16(15)26-2)10-17-18(23)22(19(24)27-17)11-21-14-6-4-3-5-13(14)20/h3-10,21H,11H2,1-2H3/b17-10+. The van der Waals surface area contributed by atoms with E-state index in [4.69, 9.17) is 9.47 Å². The summed E-state index contributed by atoms with van der Waals surface area (Å²) in [5, 5.41) is 2.78. The third-order valence-corrected chi connectivity index (χ3v) is 5.48. The quantitative estimate of drug-likeness (QED) is 0.652. The van der Waals surface area contributed by atoms with Gasteiger partial charge >= 0.3 is 0 Å². The van der Waals surface area contributed by atoms with E-state index >= 15 is 0 Å². The van der Waals surface area contributed by atoms with Crippen molar-refractivity contribution in [3.8, 4) is 11.5 Å². The molecule has 1 fully saturated rings. The van der Waals surface area contributed by atoms with Crippen LogP contribution in [0.4, 0.5) is 10.5 Å². The lowest BCUT2D eigenvalue weighted by Crippen LogP contribution is -2.33. The molecule has 1 N–H and O–H groups in total. The third kappa shape index (κ3) is 4.28. The maximum atomic E-state index is 12.6. The number of methoxy groups -OCH3 is 2. The van der Waals surface area contributed by atoms with E-state index in [0.717, 1.165) is 27.5 Å². The highest BCUT2D eigenvalue weighted by molar-refractivity contribution is 9.10. The highest BCUT2D eigenvalue weighted by atomic mass is 79.9. The highest BCUT2D eigenvalue weighted by Crippen LogP contribution is 2.34. The molecule has 0 bridgehead atoms. The molecule has 2 aromatic rings. The number of rotatable bonds is 6. The molecule has 2 amide bonds. The summed E-state index contributed by atoms with van der Waals surface area (Å²) in [7, 11) is 3.10. The molecule has 0 unspecified atom stereocenters. The molecular weight excluding hydrogens is 432 g/mol. The maximum Gasteiger partial charge on any atom is 0.295 e. The first kappa shape index (κ1) is 19.3. The Balaban J connectivity index is 1.75. The van der Waals surface area contributed by atoms with Gasteiger partial charge in [-0.15, -0.1) is 0 Å². The first-order chi connectivity index (χ1) is 13.0. The molecule has 0 aliphatic carbocycles. The van der Waals surface area contributed by atoms with Gasteiger partial charge in [0.1, 0.15) is 0 Å². The van der Waals surface area contributed by atoms with Gasteiger partial charge in [0.05, 0.1) is 25.8 Å². The number of anilines is 1. The van der Waals surface area contributed by atoms with Crippen LogP contribution >= 0.6 is 27.7 Å². The molecular formula is C19H17BrN2O4S. The van der Waals surface area contributed by atoms with Crippen LogP contribution in [0.1, 0.15) is 5.56 Å². The summed E-state index contributed by atoms with van der Waals surface area (Å²) in [5.74, 6) is 0.820. The fourth-order valence-electron chi connectivity index (χ4n) is 2.50. The Kier molecular flexibility index (Phi) is 6.08. The van der Waals surface area contributed by atoms with Gasteiger partial charge in [0.2, 0.25) is 0 Å². The van der Waals surface area contributed by atoms with Gasteiger partial charge in [0.15, 0.2) is 11.5 Å². The predicted octanol–water partition coefficient (Wildman–Crippen LogP) is 4.57. The zero-order valence-corrected chi connectivity index (χ0v) is 17.1. The van der Waals surface area contributed by atoms with Crippen molar-refractivity contribution in [2.45, 2.75) is 0 Å². The summed E-state index contributed by atoms with van der Waals surface area (Å²) >= 11 is 4.34. The topological polar surface area (TPSA) is 67.9 Å². The van der Waals surface area contributed by atoms with Crippen LogP contribution in [-0.2, 0) is 4.79 Å². The van der Waals surface area contributed by atoms with E-state index in [-0.39, 0.29) is 17.8 Å². The second-order valence-corrected chi connectivity index (χ2v) is 7.39. The van der Waals surface area contributed by atoms with Crippen LogP contribution < -0.4 is 14.8 Å². The van der Waals surface area contributed by atoms with E-state index in [1.165, 1.54) is 4.90 Å². The van der Waals surface area contributed by atoms with Crippen LogP contribution in [0.5, 0.6) is 11.5 Å². The third-order valence-electron chi connectivity index (χ3n) is 3.88. The van der Waals surface area contributed by atoms with E-state index in [9.17, 15) is 9.59 Å². The van der Waals surface area contributed by atoms with Crippen molar-refractivity contribution in [1.82, 2.24) is 4.90 Å². The normalized spacial score (nSPS) is 15.4. The van der Waals surface area contributed by atoms with Crippen molar-refractivity contribution in [2.24, 2.45) is 0 Å². The van der Waals surface area contributed by atoms with Gasteiger partial charge in [-0.1, -0.05) is 18.2 Å². The van der Waals surface area contributed by atoms with Crippen molar-refractivity contribution in [2.75, 3.05) is 26.2 Å². The number of halogens is 1. The Hall–Kier alpha value is -2.45. The number of imide groups is 1. The number of thioether (sulfide) groups is 1. The van der Waals surface area contributed by atoms with E-state index in [0.29, 0.717) is 16.4 Å². The van der Waals surface area contributed by atoms with E-state index in [2.05, 4.69) is 21.2 Å². The summed E-state index contributed by atoms with van der Waals surface area (Å²) in [6.07, 6.45) is 1.67. The first-order valence-corrected chi connectivity index (χ1v) is 9.60. The van der Waals surface area contributed by atoms with Crippen molar-refractivity contribution in [3.05, 3.63) is 57.4 Å². The van der Waals surface area contributed by atoms with Crippen molar-refractivity contribution in [3.63, 3.8) is 0 Å². The van der Waals surface area contributed by atoms with Gasteiger partial charge < -0.3 is 14.8 Å². The second kappa shape index (κ2) is 8.49. The number of benzene rings is 2. The molecule has 1 aliphatic heterocycles. The van der Waals surface area contributed by atoms with Crippen LogP contribution in [0.3, 0.4) is 0 Å². The molecule has 0 aromatic heterocycles. The molecule has 0 radical (unpaired) electrons. The molecule has 1 aliphatic rings. The SMILES string of the molecule is COc1ccc(/C=C2/SC(=O)N(CNc3ccccc3Br)C2=O)cc1OC. The van der Waals surface area contributed by atoms with Crippen molar-refractivity contribution < 1.29 is 19.1 Å². The Morgan fingerprint density at radius 3 is 2.56 bits per heavy atom. The molecule has 1 saturated heterocycles. The number of hydrogen-bond acceptors (Lipinski definition) is 6. The van der Waals surface area contributed by atoms with Gasteiger partial charge in [-0.05, 0) is 63.6 Å². The van der Waals surface area contributed by atoms with Crippen LogP contribution in [0.2, 0.25) is 0 Å². The number of para-hydroxylation sites is 1. The molecule has 6 nitrogen and oxygen atoms in total. The largest absolute Gasteiger partial charge is 0.493 e. The summed E-state index contributed by atoms with van der Waals surface area (Å²) in [5.41, 5.74) is 1.55. The van der Waals surface area contributed by atoms with Crippen molar-refractivity contribution >= 4 is 50.6 Å². The monoisotopic (exact) mass is 448 g/mol. The summed E-state index contributed by atoms with van der Waals surface area (Å²) < 4.78 is 11.3. The van der Waals surface area contributed by atoms with Crippen LogP contribution in [0.25, 0.3) is 6.08 Å². The zero-order chi connectivity index (χ0) is 19.4. The molecule has 2 aromatic carbocycles. The number of nitrogens with one attached hydrogen (secondary N) is 1. The first-order valence-electron chi connectivity index (χ1n) is 7.99. The smallest absolute Gasteiger partial charge is 0.295 e. The van der Waals surface area contributed by atoms with Gasteiger partial charge in [-0.2, -0.15) is 0 Å². The van der Waals surface area contributed by atoms with Crippen LogP contribution in [-0.4, -0.2) is 36.9 Å². The van der Waals surface area contributed by atoms with Gasteiger partial charge in [0, 0.05) is 10.2 Å². The van der Waals surface area contributed by atoms with Gasteiger partial charge in [-0.3, -0.25) is 14.5 Å². The average molecular weight is 449 g/mol. The molecule has 0 spiro atoms. The number of carbonyl (C=O) groups is 2.